The molecule has 0 unspecified atom stereocenters. The van der Waals surface area contributed by atoms with Gasteiger partial charge in [-0.3, -0.25) is 0 Å². The van der Waals surface area contributed by atoms with E-state index in [-0.39, 0.29) is 5.97 Å². The van der Waals surface area contributed by atoms with Crippen LogP contribution in [0.25, 0.3) is 0 Å². The fourth-order valence-corrected chi connectivity index (χ4v) is 1.35. The Morgan fingerprint density at radius 3 is 2.81 bits per heavy atom. The molecule has 16 heavy (non-hydrogen) atoms. The summed E-state index contributed by atoms with van der Waals surface area (Å²) in [6, 6.07) is 3.19. The van der Waals surface area contributed by atoms with Gasteiger partial charge in [-0.2, -0.15) is 0 Å². The van der Waals surface area contributed by atoms with Crippen LogP contribution in [0.5, 0.6) is 0 Å². The minimum Gasteiger partial charge on any atom is -0.462 e. The van der Waals surface area contributed by atoms with Crippen LogP contribution >= 0.6 is 11.6 Å². The van der Waals surface area contributed by atoms with E-state index in [9.17, 15) is 4.79 Å². The summed E-state index contributed by atoms with van der Waals surface area (Å²) >= 11 is 5.61. The van der Waals surface area contributed by atoms with E-state index >= 15 is 0 Å². The summed E-state index contributed by atoms with van der Waals surface area (Å²) in [5.41, 5.74) is 0.439. The van der Waals surface area contributed by atoms with Gasteiger partial charge in [0.05, 0.1) is 12.2 Å². The second-order valence-electron chi connectivity index (χ2n) is 4.04. The van der Waals surface area contributed by atoms with Gasteiger partial charge in [0.15, 0.2) is 0 Å². The Morgan fingerprint density at radius 2 is 2.25 bits per heavy atom. The molecule has 0 spiro atoms. The predicted octanol–water partition coefficient (Wildman–Crippen LogP) is 3.33. The Labute approximate surface area is 101 Å². The van der Waals surface area contributed by atoms with Crippen molar-refractivity contribution in [3.8, 4) is 0 Å². The average molecular weight is 242 g/mol. The highest BCUT2D eigenvalue weighted by Gasteiger charge is 2.07. The van der Waals surface area contributed by atoms with Gasteiger partial charge in [-0.1, -0.05) is 25.4 Å². The first-order chi connectivity index (χ1) is 7.59. The van der Waals surface area contributed by atoms with Crippen LogP contribution in [0.15, 0.2) is 18.3 Å². The van der Waals surface area contributed by atoms with Crippen molar-refractivity contribution in [3.05, 3.63) is 29.0 Å². The van der Waals surface area contributed by atoms with Crippen molar-refractivity contribution in [1.82, 2.24) is 4.98 Å². The summed E-state index contributed by atoms with van der Waals surface area (Å²) in [6.45, 7) is 4.75. The van der Waals surface area contributed by atoms with E-state index in [4.69, 9.17) is 16.3 Å². The first-order valence-electron chi connectivity index (χ1n) is 5.38. The highest BCUT2D eigenvalue weighted by Crippen LogP contribution is 2.08. The number of hydrogen-bond acceptors (Lipinski definition) is 3. The van der Waals surface area contributed by atoms with Crippen LogP contribution in [0.1, 0.15) is 37.0 Å². The molecule has 3 nitrogen and oxygen atoms in total. The summed E-state index contributed by atoms with van der Waals surface area (Å²) in [6.07, 6.45) is 3.38. The molecule has 0 saturated heterocycles. The summed E-state index contributed by atoms with van der Waals surface area (Å²) in [5.74, 6) is 0.295. The molecule has 1 heterocycles. The van der Waals surface area contributed by atoms with E-state index < -0.39 is 0 Å². The van der Waals surface area contributed by atoms with Crippen LogP contribution in [-0.2, 0) is 4.74 Å². The van der Waals surface area contributed by atoms with Gasteiger partial charge in [0.2, 0.25) is 0 Å². The first-order valence-corrected chi connectivity index (χ1v) is 5.76. The zero-order valence-corrected chi connectivity index (χ0v) is 10.3. The highest BCUT2D eigenvalue weighted by molar-refractivity contribution is 6.29. The zero-order chi connectivity index (χ0) is 12.0. The van der Waals surface area contributed by atoms with Crippen LogP contribution in [0.4, 0.5) is 0 Å². The minimum atomic E-state index is -0.340. The summed E-state index contributed by atoms with van der Waals surface area (Å²) < 4.78 is 5.10. The maximum atomic E-state index is 11.5. The Hall–Kier alpha value is -1.09. The van der Waals surface area contributed by atoms with Crippen molar-refractivity contribution >= 4 is 17.6 Å². The predicted molar refractivity (Wildman–Crippen MR) is 63.6 cm³/mol. The van der Waals surface area contributed by atoms with Crippen LogP contribution in [0, 0.1) is 5.92 Å². The Morgan fingerprint density at radius 1 is 1.50 bits per heavy atom. The SMILES string of the molecule is CC(C)CCCOC(=O)c1ccc(Cl)nc1. The number of rotatable bonds is 5. The molecular weight excluding hydrogens is 226 g/mol. The standard InChI is InChI=1S/C12H16ClNO2/c1-9(2)4-3-7-16-12(15)10-5-6-11(13)14-8-10/h5-6,8-9H,3-4,7H2,1-2H3. The number of hydrogen-bond donors (Lipinski definition) is 0. The summed E-state index contributed by atoms with van der Waals surface area (Å²) in [7, 11) is 0. The molecule has 1 aromatic rings. The van der Waals surface area contributed by atoms with E-state index in [0.717, 1.165) is 12.8 Å². The van der Waals surface area contributed by atoms with Crippen molar-refractivity contribution in [2.45, 2.75) is 26.7 Å². The lowest BCUT2D eigenvalue weighted by Gasteiger charge is -2.06. The maximum Gasteiger partial charge on any atom is 0.339 e. The van der Waals surface area contributed by atoms with Gasteiger partial charge < -0.3 is 4.74 Å². The average Bonchev–Trinajstić information content (AvgIpc) is 2.25. The van der Waals surface area contributed by atoms with Gasteiger partial charge in [-0.15, -0.1) is 0 Å². The third-order valence-corrected chi connectivity index (χ3v) is 2.35. The number of nitrogens with zero attached hydrogens (tertiary/aromatic N) is 1. The number of carbonyl (C=O) groups is 1. The summed E-state index contributed by atoms with van der Waals surface area (Å²) in [5, 5.41) is 0.372. The molecule has 0 saturated carbocycles. The Kier molecular flexibility index (Phi) is 5.26. The second-order valence-corrected chi connectivity index (χ2v) is 4.43. The lowest BCUT2D eigenvalue weighted by molar-refractivity contribution is 0.0494. The zero-order valence-electron chi connectivity index (χ0n) is 9.57. The molecular formula is C12H16ClNO2. The van der Waals surface area contributed by atoms with Gasteiger partial charge in [0.25, 0.3) is 0 Å². The molecule has 0 aromatic carbocycles. The van der Waals surface area contributed by atoms with E-state index in [1.807, 2.05) is 0 Å². The molecule has 88 valence electrons. The molecule has 0 fully saturated rings. The van der Waals surface area contributed by atoms with Gasteiger partial charge in [0, 0.05) is 6.20 Å². The third kappa shape index (κ3) is 4.62. The van der Waals surface area contributed by atoms with Gasteiger partial charge in [0.1, 0.15) is 5.15 Å². The topological polar surface area (TPSA) is 39.2 Å². The van der Waals surface area contributed by atoms with Crippen molar-refractivity contribution in [1.29, 1.82) is 0 Å². The van der Waals surface area contributed by atoms with E-state index in [1.54, 1.807) is 12.1 Å². The molecule has 0 atom stereocenters. The van der Waals surface area contributed by atoms with Crippen molar-refractivity contribution in [2.24, 2.45) is 5.92 Å². The van der Waals surface area contributed by atoms with E-state index in [2.05, 4.69) is 18.8 Å². The normalized spacial score (nSPS) is 10.5. The minimum absolute atomic E-state index is 0.340. The fraction of sp³-hybridized carbons (Fsp3) is 0.500. The monoisotopic (exact) mass is 241 g/mol. The lowest BCUT2D eigenvalue weighted by atomic mass is 10.1. The molecule has 0 N–H and O–H groups in total. The molecule has 0 aliphatic carbocycles. The number of esters is 1. The third-order valence-electron chi connectivity index (χ3n) is 2.12. The maximum absolute atomic E-state index is 11.5. The molecule has 4 heteroatoms. The fourth-order valence-electron chi connectivity index (χ4n) is 1.24. The Bertz CT molecular complexity index is 335. The highest BCUT2D eigenvalue weighted by atomic mass is 35.5. The molecule has 0 aliphatic heterocycles. The van der Waals surface area contributed by atoms with Crippen molar-refractivity contribution in [3.63, 3.8) is 0 Å². The van der Waals surface area contributed by atoms with Gasteiger partial charge in [-0.05, 0) is 30.9 Å². The van der Waals surface area contributed by atoms with Crippen LogP contribution in [0.3, 0.4) is 0 Å². The van der Waals surface area contributed by atoms with Crippen LogP contribution in [0.2, 0.25) is 5.15 Å². The van der Waals surface area contributed by atoms with Gasteiger partial charge >= 0.3 is 5.97 Å². The largest absolute Gasteiger partial charge is 0.462 e. The van der Waals surface area contributed by atoms with Crippen LogP contribution in [-0.4, -0.2) is 17.6 Å². The smallest absolute Gasteiger partial charge is 0.339 e. The second kappa shape index (κ2) is 6.48. The molecule has 0 bridgehead atoms. The van der Waals surface area contributed by atoms with E-state index in [1.165, 1.54) is 6.20 Å². The number of ether oxygens (including phenoxy) is 1. The number of aromatic nitrogens is 1. The molecule has 1 aromatic heterocycles. The number of carbonyl (C=O) groups excluding carboxylic acids is 1. The number of halogens is 1. The Balaban J connectivity index is 2.32. The van der Waals surface area contributed by atoms with E-state index in [0.29, 0.717) is 23.2 Å². The van der Waals surface area contributed by atoms with Crippen molar-refractivity contribution in [2.75, 3.05) is 6.61 Å². The summed E-state index contributed by atoms with van der Waals surface area (Å²) in [4.78, 5) is 15.3. The molecule has 0 amide bonds. The lowest BCUT2D eigenvalue weighted by Crippen LogP contribution is -2.07. The molecule has 0 aliphatic rings. The van der Waals surface area contributed by atoms with Crippen molar-refractivity contribution < 1.29 is 9.53 Å². The quantitative estimate of drug-likeness (QED) is 0.451. The first kappa shape index (κ1) is 13.0. The molecule has 1 rings (SSSR count). The number of pyridine rings is 1. The van der Waals surface area contributed by atoms with Gasteiger partial charge in [-0.25, -0.2) is 9.78 Å². The molecule has 0 radical (unpaired) electrons. The van der Waals surface area contributed by atoms with Crippen LogP contribution < -0.4 is 0 Å².